The number of aromatic nitrogens is 3. The van der Waals surface area contributed by atoms with Crippen LogP contribution in [0.2, 0.25) is 0 Å². The lowest BCUT2D eigenvalue weighted by Crippen LogP contribution is -2.22. The lowest BCUT2D eigenvalue weighted by molar-refractivity contribution is 0.412. The number of nitrogens with one attached hydrogen (secondary N) is 2. The molecule has 6 aromatic rings. The summed E-state index contributed by atoms with van der Waals surface area (Å²) in [6, 6.07) is 28.1. The summed E-state index contributed by atoms with van der Waals surface area (Å²) in [5.74, 6) is 0.677. The van der Waals surface area contributed by atoms with Gasteiger partial charge in [0.05, 0.1) is 23.9 Å². The molecule has 0 unspecified atom stereocenters. The fraction of sp³-hybridized carbons (Fsp3) is 0.0333. The van der Waals surface area contributed by atoms with E-state index < -0.39 is 0 Å². The molecule has 5 N–H and O–H groups in total. The molecule has 0 aliphatic rings. The van der Waals surface area contributed by atoms with Crippen molar-refractivity contribution in [2.24, 2.45) is 0 Å². The predicted octanol–water partition coefficient (Wildman–Crippen LogP) is 6.35. The van der Waals surface area contributed by atoms with E-state index in [0.29, 0.717) is 49.7 Å². The van der Waals surface area contributed by atoms with Gasteiger partial charge in [0.25, 0.3) is 0 Å². The molecule has 2 aromatic heterocycles. The summed E-state index contributed by atoms with van der Waals surface area (Å²) < 4.78 is 7.48. The number of fused-ring (bicyclic) bond motifs is 2. The number of hydrogen-bond donors (Lipinski definition) is 4. The van der Waals surface area contributed by atoms with E-state index in [1.807, 2.05) is 84.9 Å². The Balaban J connectivity index is 1.78. The third kappa shape index (κ3) is 3.79. The third-order valence-corrected chi connectivity index (χ3v) is 6.90. The van der Waals surface area contributed by atoms with Crippen LogP contribution < -0.4 is 16.0 Å². The van der Waals surface area contributed by atoms with E-state index in [0.717, 1.165) is 16.3 Å². The number of rotatable bonds is 4. The minimum Gasteiger partial charge on any atom is -0.507 e. The molecule has 0 atom stereocenters. The number of nitrogen functional groups attached to an aromatic ring is 1. The van der Waals surface area contributed by atoms with Crippen LogP contribution in [0, 0.1) is 10.2 Å². The van der Waals surface area contributed by atoms with E-state index in [4.69, 9.17) is 27.7 Å². The van der Waals surface area contributed by atoms with Gasteiger partial charge in [-0.05, 0) is 59.4 Å². The van der Waals surface area contributed by atoms with Gasteiger partial charge in [-0.3, -0.25) is 9.98 Å². The minimum atomic E-state index is 0.102. The van der Waals surface area contributed by atoms with Crippen LogP contribution in [0.4, 0.5) is 5.69 Å². The molecule has 0 spiro atoms. The second kappa shape index (κ2) is 9.17. The fourth-order valence-electron chi connectivity index (χ4n) is 4.83. The molecule has 6 rings (SSSR count). The number of methoxy groups -OCH3 is 1. The first kappa shape index (κ1) is 23.4. The van der Waals surface area contributed by atoms with Crippen LogP contribution >= 0.6 is 12.2 Å². The predicted molar refractivity (Wildman–Crippen MR) is 153 cm³/mol. The number of nitrogens with two attached hydrogens (primary N) is 1. The number of nitrogens with zero attached hydrogens (tertiary/aromatic N) is 2. The first-order valence-corrected chi connectivity index (χ1v) is 12.3. The van der Waals surface area contributed by atoms with Crippen LogP contribution in [0.25, 0.3) is 49.9 Å². The number of ether oxygens (including phenoxy) is 1. The molecule has 186 valence electrons. The Morgan fingerprint density at radius 3 is 2.50 bits per heavy atom. The quantitative estimate of drug-likeness (QED) is 0.161. The highest BCUT2D eigenvalue weighted by molar-refractivity contribution is 7.71. The Bertz CT molecular complexity index is 1980. The summed E-state index contributed by atoms with van der Waals surface area (Å²) in [6.45, 7) is 0. The summed E-state index contributed by atoms with van der Waals surface area (Å²) in [4.78, 5) is 8.09. The van der Waals surface area contributed by atoms with Crippen LogP contribution in [0.5, 0.6) is 11.5 Å². The molecule has 38 heavy (non-hydrogen) atoms. The zero-order valence-corrected chi connectivity index (χ0v) is 21.2. The molecule has 7 nitrogen and oxygen atoms in total. The molecule has 0 aliphatic heterocycles. The van der Waals surface area contributed by atoms with Gasteiger partial charge in [0, 0.05) is 22.4 Å². The molecular weight excluding hydrogens is 494 g/mol. The molecular formula is C30H23N5O2S. The van der Waals surface area contributed by atoms with Crippen molar-refractivity contribution in [1.82, 2.24) is 14.5 Å². The fourth-order valence-corrected chi connectivity index (χ4v) is 5.12. The SMILES string of the molecule is COc1ccccc1-n1c(=S)[nH]c2nc(-c3ccc(N)cc3)cc(-c3c(O)ccc4ccccc34)c2c1=N. The van der Waals surface area contributed by atoms with Gasteiger partial charge in [0.15, 0.2) is 4.77 Å². The number of phenolic OH excluding ortho intramolecular Hbond substituents is 1. The Morgan fingerprint density at radius 2 is 1.71 bits per heavy atom. The second-order valence-corrected chi connectivity index (χ2v) is 9.25. The molecule has 4 aromatic carbocycles. The summed E-state index contributed by atoms with van der Waals surface area (Å²) in [6.07, 6.45) is 0. The number of aromatic hydroxyl groups is 1. The maximum absolute atomic E-state index is 11.2. The molecule has 0 saturated heterocycles. The summed E-state index contributed by atoms with van der Waals surface area (Å²) in [7, 11) is 1.58. The number of para-hydroxylation sites is 2. The number of aromatic amines is 1. The number of benzene rings is 4. The molecule has 0 fully saturated rings. The monoisotopic (exact) mass is 517 g/mol. The zero-order valence-electron chi connectivity index (χ0n) is 20.4. The maximum Gasteiger partial charge on any atom is 0.185 e. The van der Waals surface area contributed by atoms with E-state index in [1.54, 1.807) is 17.7 Å². The van der Waals surface area contributed by atoms with Crippen LogP contribution in [0.3, 0.4) is 0 Å². The third-order valence-electron chi connectivity index (χ3n) is 6.62. The molecule has 0 bridgehead atoms. The lowest BCUT2D eigenvalue weighted by atomic mass is 9.94. The Labute approximate surface area is 222 Å². The Morgan fingerprint density at radius 1 is 0.974 bits per heavy atom. The van der Waals surface area contributed by atoms with Gasteiger partial charge >= 0.3 is 0 Å². The lowest BCUT2D eigenvalue weighted by Gasteiger charge is -2.17. The van der Waals surface area contributed by atoms with Gasteiger partial charge in [-0.15, -0.1) is 0 Å². The summed E-state index contributed by atoms with van der Waals surface area (Å²) in [5.41, 5.74) is 10.5. The highest BCUT2D eigenvalue weighted by Gasteiger charge is 2.19. The average Bonchev–Trinajstić information content (AvgIpc) is 2.93. The first-order chi connectivity index (χ1) is 18.5. The maximum atomic E-state index is 11.2. The first-order valence-electron chi connectivity index (χ1n) is 11.9. The highest BCUT2D eigenvalue weighted by Crippen LogP contribution is 2.40. The van der Waals surface area contributed by atoms with Crippen LogP contribution in [-0.4, -0.2) is 26.8 Å². The van der Waals surface area contributed by atoms with Crippen molar-refractivity contribution in [3.63, 3.8) is 0 Å². The van der Waals surface area contributed by atoms with Crippen molar-refractivity contribution < 1.29 is 9.84 Å². The molecule has 0 amide bonds. The zero-order chi connectivity index (χ0) is 26.4. The van der Waals surface area contributed by atoms with Gasteiger partial charge in [0.1, 0.15) is 22.6 Å². The topological polar surface area (TPSA) is 113 Å². The van der Waals surface area contributed by atoms with Crippen molar-refractivity contribution in [3.05, 3.63) is 101 Å². The van der Waals surface area contributed by atoms with Crippen molar-refractivity contribution in [2.75, 3.05) is 12.8 Å². The van der Waals surface area contributed by atoms with Crippen molar-refractivity contribution in [1.29, 1.82) is 5.41 Å². The molecule has 0 saturated carbocycles. The Kier molecular flexibility index (Phi) is 5.66. The standard InChI is InChI=1S/C30H23N5O2S/c1-37-25-9-5-4-8-23(25)35-28(32)27-21(26-20-7-3-2-6-17(20)12-15-24(26)36)16-22(33-29(27)34-30(35)38)18-10-13-19(31)14-11-18/h2-16,32,36H,31H2,1H3,(H,33,34,38). The smallest absolute Gasteiger partial charge is 0.185 e. The normalized spacial score (nSPS) is 11.2. The van der Waals surface area contributed by atoms with Gasteiger partial charge < -0.3 is 20.6 Å². The molecule has 0 radical (unpaired) electrons. The highest BCUT2D eigenvalue weighted by atomic mass is 32.1. The second-order valence-electron chi connectivity index (χ2n) is 8.87. The number of pyridine rings is 1. The van der Waals surface area contributed by atoms with E-state index in [1.165, 1.54) is 0 Å². The minimum absolute atomic E-state index is 0.102. The number of H-pyrrole nitrogens is 1. The van der Waals surface area contributed by atoms with Gasteiger partial charge in [-0.25, -0.2) is 4.98 Å². The summed E-state index contributed by atoms with van der Waals surface area (Å²) in [5, 5.41) is 22.9. The molecule has 8 heteroatoms. The average molecular weight is 518 g/mol. The van der Waals surface area contributed by atoms with Crippen molar-refractivity contribution in [2.45, 2.75) is 0 Å². The van der Waals surface area contributed by atoms with Crippen molar-refractivity contribution in [3.8, 4) is 39.6 Å². The number of phenols is 1. The van der Waals surface area contributed by atoms with E-state index in [9.17, 15) is 10.5 Å². The summed E-state index contributed by atoms with van der Waals surface area (Å²) >= 11 is 5.72. The largest absolute Gasteiger partial charge is 0.507 e. The number of anilines is 1. The molecule has 2 heterocycles. The molecule has 0 aliphatic carbocycles. The van der Waals surface area contributed by atoms with Crippen molar-refractivity contribution >= 4 is 39.7 Å². The van der Waals surface area contributed by atoms with Crippen LogP contribution in [-0.2, 0) is 0 Å². The van der Waals surface area contributed by atoms with Crippen LogP contribution in [0.1, 0.15) is 0 Å². The van der Waals surface area contributed by atoms with Gasteiger partial charge in [-0.1, -0.05) is 54.6 Å². The van der Waals surface area contributed by atoms with Crippen LogP contribution in [0.15, 0.2) is 91.0 Å². The number of hydrogen-bond acceptors (Lipinski definition) is 6. The van der Waals surface area contributed by atoms with E-state index in [-0.39, 0.29) is 11.2 Å². The van der Waals surface area contributed by atoms with E-state index >= 15 is 0 Å². The van der Waals surface area contributed by atoms with Gasteiger partial charge in [0.2, 0.25) is 0 Å². The van der Waals surface area contributed by atoms with E-state index in [2.05, 4.69) is 4.98 Å². The Hall–Kier alpha value is -4.95. The van der Waals surface area contributed by atoms with Gasteiger partial charge in [-0.2, -0.15) is 0 Å².